The molecule has 0 unspecified atom stereocenters. The minimum atomic E-state index is -0.179. The van der Waals surface area contributed by atoms with E-state index in [1.807, 2.05) is 43.3 Å². The molecule has 0 atom stereocenters. The summed E-state index contributed by atoms with van der Waals surface area (Å²) in [5, 5.41) is 4.69. The van der Waals surface area contributed by atoms with E-state index in [-0.39, 0.29) is 5.91 Å². The van der Waals surface area contributed by atoms with Gasteiger partial charge in [-0.3, -0.25) is 4.79 Å². The first-order chi connectivity index (χ1) is 14.5. The molecule has 0 saturated carbocycles. The number of carbonyl (C=O) groups excluding carboxylic acids is 1. The first kappa shape index (κ1) is 22.8. The van der Waals surface area contributed by atoms with Crippen LogP contribution in [0, 0.1) is 0 Å². The average Bonchev–Trinajstić information content (AvgIpc) is 2.73. The van der Waals surface area contributed by atoms with E-state index < -0.39 is 0 Å². The van der Waals surface area contributed by atoms with Gasteiger partial charge in [-0.2, -0.15) is 0 Å². The number of rotatable bonds is 8. The van der Waals surface area contributed by atoms with Gasteiger partial charge in [-0.25, -0.2) is 0 Å². The summed E-state index contributed by atoms with van der Waals surface area (Å²) in [4.78, 5) is 13.8. The minimum absolute atomic E-state index is 0.179. The van der Waals surface area contributed by atoms with E-state index in [4.69, 9.17) is 39.5 Å². The molecule has 7 heteroatoms. The quantitative estimate of drug-likeness (QED) is 0.345. The monoisotopic (exact) mass is 479 g/mol. The second kappa shape index (κ2) is 11.0. The molecule has 0 radical (unpaired) electrons. The van der Waals surface area contributed by atoms with Gasteiger partial charge in [0.2, 0.25) is 0 Å². The first-order valence-corrected chi connectivity index (χ1v) is 11.4. The molecule has 0 aliphatic rings. The summed E-state index contributed by atoms with van der Waals surface area (Å²) >= 11 is 19.7. The Kier molecular flexibility index (Phi) is 8.34. The fourth-order valence-electron chi connectivity index (χ4n) is 2.76. The third-order valence-electron chi connectivity index (χ3n) is 4.29. The molecule has 0 bridgehead atoms. The number of halogens is 3. The molecule has 0 aliphatic carbocycles. The van der Waals surface area contributed by atoms with E-state index in [9.17, 15) is 4.79 Å². The summed E-state index contributed by atoms with van der Waals surface area (Å²) in [5.41, 5.74) is 2.32. The number of thioether (sulfide) groups is 1. The molecule has 0 aromatic heterocycles. The fourth-order valence-corrected chi connectivity index (χ4v) is 4.24. The summed E-state index contributed by atoms with van der Waals surface area (Å²) in [6.45, 7) is 2.81. The summed E-state index contributed by atoms with van der Waals surface area (Å²) < 4.78 is 5.74. The standard InChI is InChI=1S/C23H20Cl3NO2S/c1-2-29-22-10-4-15(11-17(22)14-30-20-8-6-18(24)7-9-20)23(28)27-13-16-3-5-19(25)12-21(16)26/h3-12H,2,13-14H2,1H3,(H,27,28). The van der Waals surface area contributed by atoms with Crippen molar-refractivity contribution in [2.24, 2.45) is 0 Å². The molecule has 3 nitrogen and oxygen atoms in total. The topological polar surface area (TPSA) is 38.3 Å². The predicted molar refractivity (Wildman–Crippen MR) is 126 cm³/mol. The molecular formula is C23H20Cl3NO2S. The third kappa shape index (κ3) is 6.32. The highest BCUT2D eigenvalue weighted by molar-refractivity contribution is 7.98. The maximum Gasteiger partial charge on any atom is 0.251 e. The van der Waals surface area contributed by atoms with Gasteiger partial charge in [-0.15, -0.1) is 11.8 Å². The SMILES string of the molecule is CCOc1ccc(C(=O)NCc2ccc(Cl)cc2Cl)cc1CSc1ccc(Cl)cc1. The predicted octanol–water partition coefficient (Wildman–Crippen LogP) is 7.27. The van der Waals surface area contributed by atoms with Crippen LogP contribution < -0.4 is 10.1 Å². The zero-order valence-corrected chi connectivity index (χ0v) is 19.3. The van der Waals surface area contributed by atoms with Gasteiger partial charge in [0, 0.05) is 43.4 Å². The molecular weight excluding hydrogens is 461 g/mol. The van der Waals surface area contributed by atoms with Crippen LogP contribution in [0.25, 0.3) is 0 Å². The van der Waals surface area contributed by atoms with Crippen molar-refractivity contribution < 1.29 is 9.53 Å². The summed E-state index contributed by atoms with van der Waals surface area (Å²) in [5.74, 6) is 1.26. The first-order valence-electron chi connectivity index (χ1n) is 9.32. The smallest absolute Gasteiger partial charge is 0.251 e. The Morgan fingerprint density at radius 1 is 0.933 bits per heavy atom. The van der Waals surface area contributed by atoms with Crippen molar-refractivity contribution in [2.75, 3.05) is 6.61 Å². The molecule has 0 saturated heterocycles. The Morgan fingerprint density at radius 2 is 1.67 bits per heavy atom. The van der Waals surface area contributed by atoms with E-state index in [1.54, 1.807) is 36.0 Å². The fraction of sp³-hybridized carbons (Fsp3) is 0.174. The van der Waals surface area contributed by atoms with Crippen LogP contribution in [0.4, 0.5) is 0 Å². The lowest BCUT2D eigenvalue weighted by molar-refractivity contribution is 0.0951. The molecule has 0 spiro atoms. The summed E-state index contributed by atoms with van der Waals surface area (Å²) in [6, 6.07) is 18.3. The van der Waals surface area contributed by atoms with Gasteiger partial charge in [0.05, 0.1) is 6.61 Å². The van der Waals surface area contributed by atoms with E-state index in [0.29, 0.717) is 39.5 Å². The molecule has 3 rings (SSSR count). The number of hydrogen-bond acceptors (Lipinski definition) is 3. The lowest BCUT2D eigenvalue weighted by Crippen LogP contribution is -2.23. The van der Waals surface area contributed by atoms with E-state index >= 15 is 0 Å². The van der Waals surface area contributed by atoms with Crippen molar-refractivity contribution in [3.05, 3.63) is 92.4 Å². The molecule has 0 fully saturated rings. The summed E-state index contributed by atoms with van der Waals surface area (Å²) in [7, 11) is 0. The maximum absolute atomic E-state index is 12.7. The molecule has 0 aliphatic heterocycles. The van der Waals surface area contributed by atoms with Crippen LogP contribution in [-0.4, -0.2) is 12.5 Å². The lowest BCUT2D eigenvalue weighted by atomic mass is 10.1. The lowest BCUT2D eigenvalue weighted by Gasteiger charge is -2.13. The number of nitrogens with one attached hydrogen (secondary N) is 1. The molecule has 1 N–H and O–H groups in total. The van der Waals surface area contributed by atoms with Crippen LogP contribution in [0.5, 0.6) is 5.75 Å². The van der Waals surface area contributed by atoms with Gasteiger partial charge in [0.1, 0.15) is 5.75 Å². The maximum atomic E-state index is 12.7. The molecule has 0 heterocycles. The van der Waals surface area contributed by atoms with Gasteiger partial charge >= 0.3 is 0 Å². The number of ether oxygens (including phenoxy) is 1. The number of benzene rings is 3. The van der Waals surface area contributed by atoms with Crippen molar-refractivity contribution in [3.63, 3.8) is 0 Å². The van der Waals surface area contributed by atoms with E-state index in [0.717, 1.165) is 21.8 Å². The van der Waals surface area contributed by atoms with Crippen molar-refractivity contribution in [1.29, 1.82) is 0 Å². The van der Waals surface area contributed by atoms with Crippen LogP contribution in [0.15, 0.2) is 65.6 Å². The van der Waals surface area contributed by atoms with Crippen LogP contribution in [0.1, 0.15) is 28.4 Å². The average molecular weight is 481 g/mol. The molecule has 1 amide bonds. The van der Waals surface area contributed by atoms with Crippen molar-refractivity contribution >= 4 is 52.5 Å². The van der Waals surface area contributed by atoms with Crippen molar-refractivity contribution in [3.8, 4) is 5.75 Å². The Morgan fingerprint density at radius 3 is 2.37 bits per heavy atom. The third-order valence-corrected chi connectivity index (χ3v) is 6.18. The Labute approximate surface area is 195 Å². The Hall–Kier alpha value is -1.85. The second-order valence-corrected chi connectivity index (χ2v) is 8.75. The van der Waals surface area contributed by atoms with Gasteiger partial charge in [-0.05, 0) is 67.1 Å². The van der Waals surface area contributed by atoms with Gasteiger partial charge in [0.15, 0.2) is 0 Å². The van der Waals surface area contributed by atoms with Crippen LogP contribution in [0.2, 0.25) is 15.1 Å². The minimum Gasteiger partial charge on any atom is -0.494 e. The van der Waals surface area contributed by atoms with Crippen LogP contribution in [-0.2, 0) is 12.3 Å². The van der Waals surface area contributed by atoms with E-state index in [1.165, 1.54) is 0 Å². The van der Waals surface area contributed by atoms with E-state index in [2.05, 4.69) is 5.32 Å². The molecule has 156 valence electrons. The number of carbonyl (C=O) groups is 1. The highest BCUT2D eigenvalue weighted by atomic mass is 35.5. The van der Waals surface area contributed by atoms with Gasteiger partial charge in [0.25, 0.3) is 5.91 Å². The number of amides is 1. The highest BCUT2D eigenvalue weighted by Crippen LogP contribution is 2.30. The normalized spacial score (nSPS) is 10.7. The zero-order chi connectivity index (χ0) is 21.5. The van der Waals surface area contributed by atoms with Crippen molar-refractivity contribution in [1.82, 2.24) is 5.32 Å². The van der Waals surface area contributed by atoms with Crippen LogP contribution >= 0.6 is 46.6 Å². The van der Waals surface area contributed by atoms with Gasteiger partial charge < -0.3 is 10.1 Å². The summed E-state index contributed by atoms with van der Waals surface area (Å²) in [6.07, 6.45) is 0. The molecule has 3 aromatic rings. The highest BCUT2D eigenvalue weighted by Gasteiger charge is 2.12. The van der Waals surface area contributed by atoms with Crippen molar-refractivity contribution in [2.45, 2.75) is 24.1 Å². The molecule has 30 heavy (non-hydrogen) atoms. The van der Waals surface area contributed by atoms with Gasteiger partial charge in [-0.1, -0.05) is 40.9 Å². The Balaban J connectivity index is 1.71. The molecule has 3 aromatic carbocycles. The zero-order valence-electron chi connectivity index (χ0n) is 16.3. The Bertz CT molecular complexity index is 1030. The second-order valence-electron chi connectivity index (χ2n) is 6.42. The largest absolute Gasteiger partial charge is 0.494 e. The van der Waals surface area contributed by atoms with Crippen LogP contribution in [0.3, 0.4) is 0 Å². The number of hydrogen-bond donors (Lipinski definition) is 1.